The molecule has 0 radical (unpaired) electrons. The molecule has 3 rings (SSSR count). The van der Waals surface area contributed by atoms with E-state index in [2.05, 4.69) is 12.1 Å². The first-order valence-electron chi connectivity index (χ1n) is 8.10. The Labute approximate surface area is 152 Å². The molecule has 0 amide bonds. The molecular weight excluding hydrogens is 324 g/mol. The van der Waals surface area contributed by atoms with Gasteiger partial charge in [0, 0.05) is 0 Å². The molecule has 0 aliphatic heterocycles. The van der Waals surface area contributed by atoms with E-state index in [0.717, 1.165) is 11.1 Å². The number of hydrogen-bond acceptors (Lipinski definition) is 4. The molecule has 0 atom stereocenters. The van der Waals surface area contributed by atoms with Crippen LogP contribution in [-0.4, -0.2) is 0 Å². The molecule has 3 aromatic carbocycles. The van der Waals surface area contributed by atoms with Crippen molar-refractivity contribution in [1.82, 2.24) is 0 Å². The lowest BCUT2D eigenvalue weighted by atomic mass is 10.1. The van der Waals surface area contributed by atoms with Crippen LogP contribution < -0.4 is 9.47 Å². The summed E-state index contributed by atoms with van der Waals surface area (Å²) in [5.41, 5.74) is 3.17. The third kappa shape index (κ3) is 4.63. The predicted molar refractivity (Wildman–Crippen MR) is 97.4 cm³/mol. The van der Waals surface area contributed by atoms with Crippen molar-refractivity contribution in [3.8, 4) is 23.6 Å². The molecule has 3 aromatic rings. The highest BCUT2D eigenvalue weighted by atomic mass is 16.5. The standard InChI is InChI=1S/C22H16N2O2/c23-13-17-4-2-8-21(11-17)25-15-19-6-1-7-20(10-19)16-26-22-9-3-5-18(12-22)14-24/h1-12H,15-16H2. The van der Waals surface area contributed by atoms with Crippen molar-refractivity contribution in [2.24, 2.45) is 0 Å². The molecule has 0 aromatic heterocycles. The van der Waals surface area contributed by atoms with Crippen LogP contribution in [0.5, 0.6) is 11.5 Å². The lowest BCUT2D eigenvalue weighted by molar-refractivity contribution is 0.300. The number of rotatable bonds is 6. The van der Waals surface area contributed by atoms with E-state index in [-0.39, 0.29) is 0 Å². The van der Waals surface area contributed by atoms with Crippen LogP contribution >= 0.6 is 0 Å². The van der Waals surface area contributed by atoms with Crippen molar-refractivity contribution in [3.05, 3.63) is 95.1 Å². The molecule has 0 saturated heterocycles. The van der Waals surface area contributed by atoms with Crippen molar-refractivity contribution in [2.45, 2.75) is 13.2 Å². The Morgan fingerprint density at radius 1 is 0.615 bits per heavy atom. The minimum Gasteiger partial charge on any atom is -0.489 e. The average Bonchev–Trinajstić information content (AvgIpc) is 2.71. The zero-order valence-corrected chi connectivity index (χ0v) is 14.1. The lowest BCUT2D eigenvalue weighted by Crippen LogP contribution is -1.99. The van der Waals surface area contributed by atoms with E-state index in [1.165, 1.54) is 0 Å². The van der Waals surface area contributed by atoms with Crippen molar-refractivity contribution in [3.63, 3.8) is 0 Å². The maximum Gasteiger partial charge on any atom is 0.121 e. The minimum absolute atomic E-state index is 0.409. The van der Waals surface area contributed by atoms with Crippen molar-refractivity contribution in [1.29, 1.82) is 10.5 Å². The molecule has 0 aliphatic carbocycles. The van der Waals surface area contributed by atoms with Crippen LogP contribution in [0.1, 0.15) is 22.3 Å². The van der Waals surface area contributed by atoms with E-state index < -0.39 is 0 Å². The topological polar surface area (TPSA) is 66.0 Å². The zero-order chi connectivity index (χ0) is 18.2. The van der Waals surface area contributed by atoms with Gasteiger partial charge in [0.05, 0.1) is 23.3 Å². The third-order valence-electron chi connectivity index (χ3n) is 3.73. The maximum atomic E-state index is 8.93. The summed E-state index contributed by atoms with van der Waals surface area (Å²) in [5.74, 6) is 1.33. The maximum absolute atomic E-state index is 8.93. The van der Waals surface area contributed by atoms with Gasteiger partial charge in [-0.3, -0.25) is 0 Å². The summed E-state index contributed by atoms with van der Waals surface area (Å²) in [4.78, 5) is 0. The van der Waals surface area contributed by atoms with E-state index in [4.69, 9.17) is 20.0 Å². The minimum atomic E-state index is 0.409. The Bertz CT molecular complexity index is 907. The predicted octanol–water partition coefficient (Wildman–Crippen LogP) is 4.59. The number of nitrogens with zero attached hydrogens (tertiary/aromatic N) is 2. The van der Waals surface area contributed by atoms with E-state index in [9.17, 15) is 0 Å². The molecule has 0 N–H and O–H groups in total. The Morgan fingerprint density at radius 3 is 1.54 bits per heavy atom. The lowest BCUT2D eigenvalue weighted by Gasteiger charge is -2.10. The summed E-state index contributed by atoms with van der Waals surface area (Å²) < 4.78 is 11.5. The number of nitriles is 2. The zero-order valence-electron chi connectivity index (χ0n) is 14.1. The normalized spacial score (nSPS) is 9.77. The molecule has 126 valence electrons. The van der Waals surface area contributed by atoms with Crippen molar-refractivity contribution < 1.29 is 9.47 Å². The largest absolute Gasteiger partial charge is 0.489 e. The quantitative estimate of drug-likeness (QED) is 0.658. The van der Waals surface area contributed by atoms with Gasteiger partial charge in [-0.05, 0) is 53.6 Å². The van der Waals surface area contributed by atoms with Gasteiger partial charge in [0.1, 0.15) is 24.7 Å². The second kappa shape index (κ2) is 8.37. The van der Waals surface area contributed by atoms with Crippen LogP contribution in [0, 0.1) is 22.7 Å². The fraction of sp³-hybridized carbons (Fsp3) is 0.0909. The van der Waals surface area contributed by atoms with Gasteiger partial charge in [-0.15, -0.1) is 0 Å². The molecule has 0 heterocycles. The van der Waals surface area contributed by atoms with Crippen molar-refractivity contribution >= 4 is 0 Å². The molecule has 4 nitrogen and oxygen atoms in total. The summed E-state index contributed by atoms with van der Waals surface area (Å²) in [6, 6.07) is 26.3. The molecule has 0 fully saturated rings. The second-order valence-electron chi connectivity index (χ2n) is 5.68. The fourth-order valence-corrected chi connectivity index (χ4v) is 2.45. The van der Waals surface area contributed by atoms with Gasteiger partial charge in [-0.1, -0.05) is 30.3 Å². The van der Waals surface area contributed by atoms with Gasteiger partial charge in [-0.25, -0.2) is 0 Å². The number of hydrogen-bond donors (Lipinski definition) is 0. The Kier molecular flexibility index (Phi) is 5.50. The van der Waals surface area contributed by atoms with E-state index in [0.29, 0.717) is 35.8 Å². The van der Waals surface area contributed by atoms with Gasteiger partial charge in [0.2, 0.25) is 0 Å². The van der Waals surface area contributed by atoms with E-state index >= 15 is 0 Å². The first-order chi connectivity index (χ1) is 12.8. The second-order valence-corrected chi connectivity index (χ2v) is 5.68. The number of benzene rings is 3. The van der Waals surface area contributed by atoms with Crippen LogP contribution in [0.3, 0.4) is 0 Å². The Hall–Kier alpha value is -3.76. The molecule has 0 saturated carbocycles. The van der Waals surface area contributed by atoms with Crippen LogP contribution in [0.25, 0.3) is 0 Å². The highest BCUT2D eigenvalue weighted by Gasteiger charge is 2.02. The average molecular weight is 340 g/mol. The molecule has 0 aliphatic rings. The highest BCUT2D eigenvalue weighted by Crippen LogP contribution is 2.17. The summed E-state index contributed by atoms with van der Waals surface area (Å²) in [6.45, 7) is 0.819. The van der Waals surface area contributed by atoms with Crippen LogP contribution in [0.15, 0.2) is 72.8 Å². The summed E-state index contributed by atoms with van der Waals surface area (Å²) in [6.07, 6.45) is 0. The molecule has 0 spiro atoms. The summed E-state index contributed by atoms with van der Waals surface area (Å²) in [5, 5.41) is 17.9. The number of ether oxygens (including phenoxy) is 2. The molecular formula is C22H16N2O2. The molecule has 0 unspecified atom stereocenters. The molecule has 0 bridgehead atoms. The van der Waals surface area contributed by atoms with Crippen LogP contribution in [0.2, 0.25) is 0 Å². The van der Waals surface area contributed by atoms with Gasteiger partial charge in [-0.2, -0.15) is 10.5 Å². The van der Waals surface area contributed by atoms with Crippen LogP contribution in [-0.2, 0) is 13.2 Å². The van der Waals surface area contributed by atoms with E-state index in [1.807, 2.05) is 36.4 Å². The van der Waals surface area contributed by atoms with E-state index in [1.54, 1.807) is 36.4 Å². The van der Waals surface area contributed by atoms with Crippen LogP contribution in [0.4, 0.5) is 0 Å². The first kappa shape index (κ1) is 17.1. The van der Waals surface area contributed by atoms with Gasteiger partial charge < -0.3 is 9.47 Å². The third-order valence-corrected chi connectivity index (χ3v) is 3.73. The fourth-order valence-electron chi connectivity index (χ4n) is 2.45. The Morgan fingerprint density at radius 2 is 1.08 bits per heavy atom. The summed E-state index contributed by atoms with van der Waals surface area (Å²) in [7, 11) is 0. The Balaban J connectivity index is 1.61. The monoisotopic (exact) mass is 340 g/mol. The van der Waals surface area contributed by atoms with Gasteiger partial charge >= 0.3 is 0 Å². The van der Waals surface area contributed by atoms with Gasteiger partial charge in [0.25, 0.3) is 0 Å². The molecule has 4 heteroatoms. The molecule has 26 heavy (non-hydrogen) atoms. The van der Waals surface area contributed by atoms with Crippen molar-refractivity contribution in [2.75, 3.05) is 0 Å². The summed E-state index contributed by atoms with van der Waals surface area (Å²) >= 11 is 0. The van der Waals surface area contributed by atoms with Gasteiger partial charge in [0.15, 0.2) is 0 Å². The smallest absolute Gasteiger partial charge is 0.121 e. The SMILES string of the molecule is N#Cc1cccc(OCc2cccc(COc3cccc(C#N)c3)c2)c1. The first-order valence-corrected chi connectivity index (χ1v) is 8.10. The highest BCUT2D eigenvalue weighted by molar-refractivity contribution is 5.37.